The molecule has 3 atom stereocenters. The van der Waals surface area contributed by atoms with Crippen LogP contribution in [0.4, 0.5) is 20.8 Å². The number of nitriles is 1. The fourth-order valence-electron chi connectivity index (χ4n) is 2.79. The number of hydrogen-bond acceptors (Lipinski definition) is 7. The Labute approximate surface area is 168 Å². The van der Waals surface area contributed by atoms with Crippen molar-refractivity contribution in [1.29, 1.82) is 5.26 Å². The lowest BCUT2D eigenvalue weighted by Gasteiger charge is -2.15. The van der Waals surface area contributed by atoms with Crippen LogP contribution in [0.25, 0.3) is 0 Å². The molecule has 0 radical (unpaired) electrons. The molecule has 8 nitrogen and oxygen atoms in total. The third kappa shape index (κ3) is 5.39. The number of aromatic nitrogens is 2. The fourth-order valence-corrected chi connectivity index (χ4v) is 2.79. The number of carbonyl (C=O) groups is 1. The van der Waals surface area contributed by atoms with Gasteiger partial charge in [-0.3, -0.25) is 0 Å². The molecule has 1 fully saturated rings. The minimum atomic E-state index is -0.581. The second-order valence-corrected chi connectivity index (χ2v) is 6.81. The first-order valence-corrected chi connectivity index (χ1v) is 9.35. The molecule has 0 unspecified atom stereocenters. The lowest BCUT2D eigenvalue weighted by atomic mass is 10.1. The minimum absolute atomic E-state index is 0.0550. The van der Waals surface area contributed by atoms with Crippen LogP contribution in [0.3, 0.4) is 0 Å². The van der Waals surface area contributed by atoms with Crippen LogP contribution < -0.4 is 10.6 Å². The Hall–Kier alpha value is -3.25. The summed E-state index contributed by atoms with van der Waals surface area (Å²) in [7, 11) is 0. The van der Waals surface area contributed by atoms with Crippen LogP contribution in [-0.4, -0.2) is 34.8 Å². The monoisotopic (exact) mass is 399 g/mol. The van der Waals surface area contributed by atoms with Crippen molar-refractivity contribution in [2.24, 2.45) is 0 Å². The normalized spacial score (nSPS) is 19.2. The number of rotatable bonds is 6. The number of halogens is 1. The van der Waals surface area contributed by atoms with Crippen LogP contribution in [-0.2, 0) is 9.47 Å². The molecule has 0 aliphatic carbocycles. The first-order chi connectivity index (χ1) is 14.0. The van der Waals surface area contributed by atoms with E-state index in [0.29, 0.717) is 24.7 Å². The van der Waals surface area contributed by atoms with E-state index < -0.39 is 11.9 Å². The largest absolute Gasteiger partial charge is 0.444 e. The van der Waals surface area contributed by atoms with Gasteiger partial charge in [0.25, 0.3) is 0 Å². The maximum atomic E-state index is 13.4. The van der Waals surface area contributed by atoms with Gasteiger partial charge in [-0.25, -0.2) is 19.2 Å². The molecular weight excluding hydrogens is 377 g/mol. The topological polar surface area (TPSA) is 109 Å². The van der Waals surface area contributed by atoms with Crippen molar-refractivity contribution in [1.82, 2.24) is 15.3 Å². The Balaban J connectivity index is 1.55. The fraction of sp³-hybridized carbons (Fsp3) is 0.400. The average molecular weight is 399 g/mol. The van der Waals surface area contributed by atoms with E-state index in [2.05, 4.69) is 20.6 Å². The van der Waals surface area contributed by atoms with E-state index in [1.165, 1.54) is 18.2 Å². The highest BCUT2D eigenvalue weighted by molar-refractivity contribution is 5.67. The van der Waals surface area contributed by atoms with Gasteiger partial charge in [-0.05, 0) is 31.5 Å². The number of anilines is 2. The predicted molar refractivity (Wildman–Crippen MR) is 103 cm³/mol. The van der Waals surface area contributed by atoms with E-state index in [4.69, 9.17) is 14.7 Å². The van der Waals surface area contributed by atoms with E-state index in [0.717, 1.165) is 12.0 Å². The second kappa shape index (κ2) is 9.30. The number of benzene rings is 1. The maximum Gasteiger partial charge on any atom is 0.407 e. The smallest absolute Gasteiger partial charge is 0.407 e. The average Bonchev–Trinajstić information content (AvgIpc) is 3.18. The lowest BCUT2D eigenvalue weighted by molar-refractivity contribution is 0.0686. The molecule has 1 aliphatic heterocycles. The van der Waals surface area contributed by atoms with Gasteiger partial charge in [0.05, 0.1) is 18.3 Å². The number of alkyl carbamates (subject to hydrolysis) is 1. The van der Waals surface area contributed by atoms with Crippen molar-refractivity contribution in [3.05, 3.63) is 47.5 Å². The molecule has 152 valence electrons. The molecule has 0 saturated carbocycles. The van der Waals surface area contributed by atoms with Gasteiger partial charge < -0.3 is 20.1 Å². The van der Waals surface area contributed by atoms with Crippen LogP contribution in [0.5, 0.6) is 0 Å². The number of ether oxygens (including phenoxy) is 2. The van der Waals surface area contributed by atoms with Gasteiger partial charge in [0, 0.05) is 36.1 Å². The van der Waals surface area contributed by atoms with Gasteiger partial charge >= 0.3 is 6.09 Å². The molecule has 1 aromatic heterocycles. The summed E-state index contributed by atoms with van der Waals surface area (Å²) in [5, 5.41) is 14.6. The van der Waals surface area contributed by atoms with Gasteiger partial charge in [0.1, 0.15) is 18.0 Å². The van der Waals surface area contributed by atoms with Crippen molar-refractivity contribution in [3.8, 4) is 6.07 Å². The van der Waals surface area contributed by atoms with E-state index in [9.17, 15) is 9.18 Å². The van der Waals surface area contributed by atoms with Gasteiger partial charge in [-0.1, -0.05) is 6.92 Å². The highest BCUT2D eigenvalue weighted by Gasteiger charge is 2.30. The highest BCUT2D eigenvalue weighted by Crippen LogP contribution is 2.30. The van der Waals surface area contributed by atoms with Gasteiger partial charge in [0.15, 0.2) is 0 Å². The summed E-state index contributed by atoms with van der Waals surface area (Å²) in [4.78, 5) is 20.3. The van der Waals surface area contributed by atoms with Crippen LogP contribution in [0.1, 0.15) is 43.9 Å². The summed E-state index contributed by atoms with van der Waals surface area (Å²) in [6, 6.07) is 5.94. The molecule has 2 aromatic rings. The maximum absolute atomic E-state index is 13.4. The molecule has 1 aromatic carbocycles. The van der Waals surface area contributed by atoms with Crippen molar-refractivity contribution in [2.75, 3.05) is 11.9 Å². The highest BCUT2D eigenvalue weighted by atomic mass is 19.1. The minimum Gasteiger partial charge on any atom is -0.444 e. The summed E-state index contributed by atoms with van der Waals surface area (Å²) in [6.45, 7) is 4.21. The molecule has 2 N–H and O–H groups in total. The number of nitrogens with zero attached hydrogens (tertiary/aromatic N) is 3. The van der Waals surface area contributed by atoms with Crippen molar-refractivity contribution in [3.63, 3.8) is 0 Å². The molecule has 1 amide bonds. The van der Waals surface area contributed by atoms with Gasteiger partial charge in [-0.15, -0.1) is 0 Å². The standard InChI is InChI=1S/C20H22FN5O3/c1-3-12(2)25-20(27)29-16-7-18(28-11-16)14-9-23-19(24-10-14)26-15-4-5-17(21)13(6-15)8-22/h4-6,9-10,12,16,18H,3,7,11H2,1-2H3,(H,25,27)(H,23,24,26)/t12-,16-,18-/m0/s1. The molecule has 3 rings (SSSR count). The summed E-state index contributed by atoms with van der Waals surface area (Å²) in [5.41, 5.74) is 1.21. The molecule has 9 heteroatoms. The number of carbonyl (C=O) groups excluding carboxylic acids is 1. The van der Waals surface area contributed by atoms with Gasteiger partial charge in [-0.2, -0.15) is 5.26 Å². The molecule has 29 heavy (non-hydrogen) atoms. The number of nitrogens with one attached hydrogen (secondary N) is 2. The Morgan fingerprint density at radius 3 is 2.90 bits per heavy atom. The molecule has 0 spiro atoms. The zero-order valence-electron chi connectivity index (χ0n) is 16.2. The van der Waals surface area contributed by atoms with Crippen LogP contribution >= 0.6 is 0 Å². The van der Waals surface area contributed by atoms with E-state index in [1.54, 1.807) is 18.5 Å². The summed E-state index contributed by atoms with van der Waals surface area (Å²) in [5.74, 6) is -0.273. The zero-order chi connectivity index (χ0) is 20.8. The molecule has 1 aliphatic rings. The SMILES string of the molecule is CC[C@H](C)NC(=O)O[C@@H]1CO[C@H](c2cnc(Nc3ccc(F)c(C#N)c3)nc2)C1. The quantitative estimate of drug-likeness (QED) is 0.764. The third-order valence-electron chi connectivity index (χ3n) is 4.60. The predicted octanol–water partition coefficient (Wildman–Crippen LogP) is 3.59. The van der Waals surface area contributed by atoms with Crippen LogP contribution in [0.15, 0.2) is 30.6 Å². The number of amides is 1. The van der Waals surface area contributed by atoms with Crippen LogP contribution in [0.2, 0.25) is 0 Å². The lowest BCUT2D eigenvalue weighted by Crippen LogP contribution is -2.35. The zero-order valence-corrected chi connectivity index (χ0v) is 16.2. The molecule has 0 bridgehead atoms. The van der Waals surface area contributed by atoms with Gasteiger partial charge in [0.2, 0.25) is 5.95 Å². The Bertz CT molecular complexity index is 900. The Morgan fingerprint density at radius 1 is 1.45 bits per heavy atom. The van der Waals surface area contributed by atoms with Crippen molar-refractivity contribution < 1.29 is 18.7 Å². The molecular formula is C20H22FN5O3. The van der Waals surface area contributed by atoms with E-state index in [1.807, 2.05) is 13.8 Å². The Kier molecular flexibility index (Phi) is 6.57. The number of hydrogen-bond donors (Lipinski definition) is 2. The summed E-state index contributed by atoms with van der Waals surface area (Å²) >= 11 is 0. The van der Waals surface area contributed by atoms with Crippen molar-refractivity contribution >= 4 is 17.7 Å². The van der Waals surface area contributed by atoms with Crippen LogP contribution in [0, 0.1) is 17.1 Å². The first-order valence-electron chi connectivity index (χ1n) is 9.35. The van der Waals surface area contributed by atoms with E-state index in [-0.39, 0.29) is 23.8 Å². The second-order valence-electron chi connectivity index (χ2n) is 6.81. The third-order valence-corrected chi connectivity index (χ3v) is 4.60. The van der Waals surface area contributed by atoms with E-state index >= 15 is 0 Å². The molecule has 2 heterocycles. The molecule has 1 saturated heterocycles. The summed E-state index contributed by atoms with van der Waals surface area (Å²) in [6.07, 6.45) is 3.56. The summed E-state index contributed by atoms with van der Waals surface area (Å²) < 4.78 is 24.5. The Morgan fingerprint density at radius 2 is 2.21 bits per heavy atom. The first kappa shape index (κ1) is 20.5. The van der Waals surface area contributed by atoms with Crippen molar-refractivity contribution in [2.45, 2.75) is 44.9 Å².